The number of allylic oxidation sites excluding steroid dienone is 1. The topological polar surface area (TPSA) is 97.2 Å². The number of anilines is 1. The lowest BCUT2D eigenvalue weighted by molar-refractivity contribution is -0.425. The van der Waals surface area contributed by atoms with E-state index in [9.17, 15) is 14.4 Å². The van der Waals surface area contributed by atoms with Gasteiger partial charge < -0.3 is 19.5 Å². The van der Waals surface area contributed by atoms with Gasteiger partial charge in [0.05, 0.1) is 13.7 Å². The Morgan fingerprint density at radius 2 is 1.83 bits per heavy atom. The molecule has 2 aliphatic carbocycles. The molecule has 0 radical (unpaired) electrons. The first kappa shape index (κ1) is 24.7. The largest absolute Gasteiger partial charge is 0.502 e. The molecule has 0 aromatic heterocycles. The van der Waals surface area contributed by atoms with Crippen LogP contribution in [0.2, 0.25) is 0 Å². The zero-order chi connectivity index (χ0) is 24.9. The number of imide groups is 1. The van der Waals surface area contributed by atoms with Crippen LogP contribution in [0.25, 0.3) is 0 Å². The Hall–Kier alpha value is -3.46. The van der Waals surface area contributed by atoms with Crippen molar-refractivity contribution in [2.75, 3.05) is 32.7 Å². The maximum atomic E-state index is 13.6. The minimum absolute atomic E-state index is 0.184. The predicted octanol–water partition coefficient (Wildman–Crippen LogP) is 3.26. The van der Waals surface area contributed by atoms with Crippen LogP contribution in [0.15, 0.2) is 47.7 Å². The summed E-state index contributed by atoms with van der Waals surface area (Å²) >= 11 is 0. The number of ether oxygens (including phenoxy) is 3. The van der Waals surface area contributed by atoms with Gasteiger partial charge in [0, 0.05) is 18.9 Å². The van der Waals surface area contributed by atoms with E-state index in [4.69, 9.17) is 14.2 Å². The number of nitrogens with zero attached hydrogens (tertiary/aromatic N) is 2. The molecule has 1 aromatic carbocycles. The molecule has 1 aromatic rings. The fraction of sp³-hybridized carbons (Fsp3) is 0.462. The molecular formula is C26H32N3O6+. The van der Waals surface area contributed by atoms with Crippen LogP contribution in [-0.2, 0) is 19.1 Å². The average Bonchev–Trinajstić information content (AvgIpc) is 2.88. The summed E-state index contributed by atoms with van der Waals surface area (Å²) in [6.07, 6.45) is 7.26. The number of carbonyl (C=O) groups is 3. The summed E-state index contributed by atoms with van der Waals surface area (Å²) in [5, 5.41) is 2.82. The third-order valence-corrected chi connectivity index (χ3v) is 6.51. The van der Waals surface area contributed by atoms with Crippen LogP contribution in [0.5, 0.6) is 5.75 Å². The Balaban J connectivity index is 1.65. The van der Waals surface area contributed by atoms with Gasteiger partial charge in [0.15, 0.2) is 6.54 Å². The molecule has 3 aliphatic rings. The Bertz CT molecular complexity index is 1080. The predicted molar refractivity (Wildman–Crippen MR) is 129 cm³/mol. The van der Waals surface area contributed by atoms with E-state index in [0.717, 1.165) is 32.1 Å². The highest BCUT2D eigenvalue weighted by atomic mass is 16.5. The monoisotopic (exact) mass is 482 g/mol. The SMILES string of the molecule is CCOc1ccc(NC(=O)C[N+]2=C3C=C(OC)C(OC)C=C3C(=O)N(C3CCCCC3)C2=O)cc1. The van der Waals surface area contributed by atoms with Crippen LogP contribution in [-0.4, -0.2) is 72.5 Å². The Labute approximate surface area is 205 Å². The molecular weight excluding hydrogens is 450 g/mol. The fourth-order valence-corrected chi connectivity index (χ4v) is 4.79. The van der Waals surface area contributed by atoms with E-state index in [1.54, 1.807) is 36.4 Å². The van der Waals surface area contributed by atoms with Crippen LogP contribution >= 0.6 is 0 Å². The first-order chi connectivity index (χ1) is 17.0. The standard InChI is InChI=1S/C26H31N3O6/c1-4-35-19-12-10-17(11-13-19)27-24(30)16-28-21-15-23(34-3)22(33-2)14-20(21)25(31)29(26(28)32)18-8-6-5-7-9-18/h10-15,18,22H,4-9,16H2,1-3H3/p+1. The van der Waals surface area contributed by atoms with Gasteiger partial charge in [-0.05, 0) is 62.9 Å². The van der Waals surface area contributed by atoms with Crippen LogP contribution in [0.4, 0.5) is 10.5 Å². The van der Waals surface area contributed by atoms with Crippen molar-refractivity contribution in [3.63, 3.8) is 0 Å². The van der Waals surface area contributed by atoms with Crippen LogP contribution in [0.3, 0.4) is 0 Å². The molecule has 9 nitrogen and oxygen atoms in total. The van der Waals surface area contributed by atoms with E-state index >= 15 is 0 Å². The maximum Gasteiger partial charge on any atom is 0.502 e. The average molecular weight is 483 g/mol. The molecule has 0 saturated heterocycles. The van der Waals surface area contributed by atoms with Crippen molar-refractivity contribution in [2.24, 2.45) is 0 Å². The van der Waals surface area contributed by atoms with Crippen LogP contribution in [0, 0.1) is 0 Å². The lowest BCUT2D eigenvalue weighted by atomic mass is 9.91. The summed E-state index contributed by atoms with van der Waals surface area (Å²) in [6, 6.07) is 6.34. The number of nitrogens with one attached hydrogen (secondary N) is 1. The molecule has 0 bridgehead atoms. The Morgan fingerprint density at radius 3 is 2.46 bits per heavy atom. The molecule has 4 amide bonds. The van der Waals surface area contributed by atoms with Gasteiger partial charge in [0.1, 0.15) is 34.9 Å². The second kappa shape index (κ2) is 10.9. The molecule has 1 saturated carbocycles. The molecule has 1 atom stereocenters. The molecule has 1 unspecified atom stereocenters. The summed E-state index contributed by atoms with van der Waals surface area (Å²) in [5.74, 6) is 0.424. The smallest absolute Gasteiger partial charge is 0.498 e. The molecule has 0 spiro atoms. The van der Waals surface area contributed by atoms with Crippen molar-refractivity contribution in [3.05, 3.63) is 47.7 Å². The van der Waals surface area contributed by atoms with Crippen molar-refractivity contribution < 1.29 is 33.2 Å². The number of methoxy groups -OCH3 is 2. The third kappa shape index (κ3) is 5.14. The summed E-state index contributed by atoms with van der Waals surface area (Å²) in [6.45, 7) is 2.20. The van der Waals surface area contributed by atoms with Crippen molar-refractivity contribution in [1.29, 1.82) is 0 Å². The number of hydrogen-bond acceptors (Lipinski definition) is 6. The second-order valence-corrected chi connectivity index (χ2v) is 8.71. The summed E-state index contributed by atoms with van der Waals surface area (Å²) in [4.78, 5) is 41.4. The van der Waals surface area contributed by atoms with E-state index in [1.807, 2.05) is 6.92 Å². The molecule has 1 N–H and O–H groups in total. The van der Waals surface area contributed by atoms with Gasteiger partial charge in [-0.1, -0.05) is 6.42 Å². The maximum absolute atomic E-state index is 13.6. The quantitative estimate of drug-likeness (QED) is 0.572. The van der Waals surface area contributed by atoms with Gasteiger partial charge in [-0.25, -0.2) is 4.79 Å². The van der Waals surface area contributed by atoms with Crippen LogP contribution < -0.4 is 10.1 Å². The van der Waals surface area contributed by atoms with E-state index in [2.05, 4.69) is 5.32 Å². The van der Waals surface area contributed by atoms with E-state index in [1.165, 1.54) is 23.7 Å². The van der Waals surface area contributed by atoms with Gasteiger partial charge in [0.25, 0.3) is 5.91 Å². The molecule has 4 rings (SSSR count). The number of hydrogen-bond donors (Lipinski definition) is 1. The normalized spacial score (nSPS) is 20.8. The van der Waals surface area contributed by atoms with Gasteiger partial charge in [-0.3, -0.25) is 4.79 Å². The zero-order valence-corrected chi connectivity index (χ0v) is 20.4. The van der Waals surface area contributed by atoms with Crippen molar-refractivity contribution in [3.8, 4) is 5.75 Å². The van der Waals surface area contributed by atoms with Crippen LogP contribution in [0.1, 0.15) is 39.0 Å². The number of fused-ring (bicyclic) bond motifs is 1. The minimum atomic E-state index is -0.552. The van der Waals surface area contributed by atoms with E-state index < -0.39 is 12.1 Å². The van der Waals surface area contributed by atoms with Crippen molar-refractivity contribution >= 4 is 29.2 Å². The van der Waals surface area contributed by atoms with E-state index in [-0.39, 0.29) is 24.4 Å². The molecule has 35 heavy (non-hydrogen) atoms. The summed E-state index contributed by atoms with van der Waals surface area (Å²) in [5.41, 5.74) is 1.27. The molecule has 1 fully saturated rings. The van der Waals surface area contributed by atoms with Gasteiger partial charge in [-0.15, -0.1) is 0 Å². The summed E-state index contributed by atoms with van der Waals surface area (Å²) in [7, 11) is 3.03. The second-order valence-electron chi connectivity index (χ2n) is 8.71. The fourth-order valence-electron chi connectivity index (χ4n) is 4.79. The molecule has 1 heterocycles. The first-order valence-electron chi connectivity index (χ1n) is 12.0. The molecule has 9 heteroatoms. The highest BCUT2D eigenvalue weighted by Gasteiger charge is 2.50. The lowest BCUT2D eigenvalue weighted by Gasteiger charge is -2.32. The zero-order valence-electron chi connectivity index (χ0n) is 20.4. The Morgan fingerprint density at radius 1 is 1.11 bits per heavy atom. The molecule has 1 aliphatic heterocycles. The first-order valence-corrected chi connectivity index (χ1v) is 12.0. The van der Waals surface area contributed by atoms with Crippen molar-refractivity contribution in [1.82, 2.24) is 4.90 Å². The number of urea groups is 1. The third-order valence-electron chi connectivity index (χ3n) is 6.51. The highest BCUT2D eigenvalue weighted by molar-refractivity contribution is 6.29. The number of rotatable bonds is 8. The van der Waals surface area contributed by atoms with Crippen molar-refractivity contribution in [2.45, 2.75) is 51.2 Å². The van der Waals surface area contributed by atoms with Gasteiger partial charge in [-0.2, -0.15) is 14.3 Å². The molecule has 186 valence electrons. The number of amides is 4. The number of benzene rings is 1. The van der Waals surface area contributed by atoms with Gasteiger partial charge >= 0.3 is 11.9 Å². The lowest BCUT2D eigenvalue weighted by Crippen LogP contribution is -2.57. The van der Waals surface area contributed by atoms with E-state index in [0.29, 0.717) is 35.1 Å². The summed E-state index contributed by atoms with van der Waals surface area (Å²) < 4.78 is 17.7. The minimum Gasteiger partial charge on any atom is -0.498 e. The van der Waals surface area contributed by atoms with Gasteiger partial charge in [0.2, 0.25) is 0 Å². The Kier molecular flexibility index (Phi) is 7.65. The number of carbonyl (C=O) groups excluding carboxylic acids is 3. The highest BCUT2D eigenvalue weighted by Crippen LogP contribution is 2.30.